The molecule has 0 saturated heterocycles. The Kier molecular flexibility index (Phi) is 1.51. The topological polar surface area (TPSA) is 32.9 Å². The number of nitrogens with one attached hydrogen (secondary N) is 1. The van der Waals surface area contributed by atoms with Gasteiger partial charge in [-0.25, -0.2) is 0 Å². The van der Waals surface area contributed by atoms with Crippen LogP contribution in [0.2, 0.25) is 0 Å². The molecule has 0 saturated carbocycles. The van der Waals surface area contributed by atoms with Crippen molar-refractivity contribution in [2.45, 2.75) is 19.3 Å². The number of aryl methyl sites for hydroxylation is 1. The molecular formula is C12H11NO. The first-order valence-corrected chi connectivity index (χ1v) is 4.98. The second kappa shape index (κ2) is 2.71. The zero-order chi connectivity index (χ0) is 9.54. The van der Waals surface area contributed by atoms with Gasteiger partial charge in [0, 0.05) is 23.6 Å². The van der Waals surface area contributed by atoms with Crippen molar-refractivity contribution < 1.29 is 4.79 Å². The number of hydrogen-bond donors (Lipinski definition) is 1. The molecule has 1 heterocycles. The van der Waals surface area contributed by atoms with E-state index in [9.17, 15) is 4.79 Å². The van der Waals surface area contributed by atoms with Crippen molar-refractivity contribution in [3.8, 4) is 0 Å². The number of Topliss-reactive ketones (excluding diaryl/α,β-unsaturated/α-hetero) is 1. The lowest BCUT2D eigenvalue weighted by molar-refractivity contribution is 0.0974. The van der Waals surface area contributed by atoms with E-state index in [-0.39, 0.29) is 0 Å². The van der Waals surface area contributed by atoms with Crippen molar-refractivity contribution in [3.63, 3.8) is 0 Å². The van der Waals surface area contributed by atoms with Crippen LogP contribution >= 0.6 is 0 Å². The summed E-state index contributed by atoms with van der Waals surface area (Å²) in [7, 11) is 0. The second-order valence-corrected chi connectivity index (χ2v) is 3.82. The molecule has 1 aliphatic carbocycles. The van der Waals surface area contributed by atoms with Crippen LogP contribution in [0.4, 0.5) is 0 Å². The van der Waals surface area contributed by atoms with Crippen molar-refractivity contribution in [3.05, 3.63) is 35.5 Å². The third-order valence-corrected chi connectivity index (χ3v) is 2.94. The van der Waals surface area contributed by atoms with E-state index in [0.717, 1.165) is 29.3 Å². The Labute approximate surface area is 81.9 Å². The van der Waals surface area contributed by atoms with Crippen molar-refractivity contribution in [2.24, 2.45) is 0 Å². The zero-order valence-electron chi connectivity index (χ0n) is 7.84. The Balaban J connectivity index is 2.41. The lowest BCUT2D eigenvalue weighted by atomic mass is 9.89. The highest BCUT2D eigenvalue weighted by molar-refractivity contribution is 6.08. The van der Waals surface area contributed by atoms with E-state index in [2.05, 4.69) is 17.1 Å². The van der Waals surface area contributed by atoms with E-state index < -0.39 is 0 Å². The smallest absolute Gasteiger partial charge is 0.165 e. The predicted molar refractivity (Wildman–Crippen MR) is 55.6 cm³/mol. The molecule has 0 amide bonds. The number of carbonyl (C=O) groups is 1. The molecule has 2 nitrogen and oxygen atoms in total. The number of aromatic amines is 1. The Morgan fingerprint density at radius 2 is 2.07 bits per heavy atom. The van der Waals surface area contributed by atoms with Crippen LogP contribution in [0, 0.1) is 0 Å². The fraction of sp³-hybridized carbons (Fsp3) is 0.250. The summed E-state index contributed by atoms with van der Waals surface area (Å²) in [4.78, 5) is 14.9. The summed E-state index contributed by atoms with van der Waals surface area (Å²) in [6, 6.07) is 6.18. The van der Waals surface area contributed by atoms with Crippen LogP contribution in [-0.2, 0) is 6.42 Å². The summed E-state index contributed by atoms with van der Waals surface area (Å²) in [5, 5.41) is 1.14. The lowest BCUT2D eigenvalue weighted by Gasteiger charge is -2.14. The molecule has 0 aliphatic heterocycles. The minimum absolute atomic E-state index is 0.291. The van der Waals surface area contributed by atoms with E-state index in [1.165, 1.54) is 5.56 Å². The van der Waals surface area contributed by atoms with Crippen LogP contribution in [-0.4, -0.2) is 10.8 Å². The van der Waals surface area contributed by atoms with Crippen LogP contribution in [0.3, 0.4) is 0 Å². The first-order valence-electron chi connectivity index (χ1n) is 4.98. The molecule has 1 aliphatic rings. The van der Waals surface area contributed by atoms with Crippen molar-refractivity contribution in [2.75, 3.05) is 0 Å². The third-order valence-electron chi connectivity index (χ3n) is 2.94. The summed E-state index contributed by atoms with van der Waals surface area (Å²) in [6.07, 6.45) is 4.63. The maximum absolute atomic E-state index is 11.8. The maximum atomic E-state index is 11.8. The van der Waals surface area contributed by atoms with Gasteiger partial charge in [0.05, 0.1) is 5.52 Å². The van der Waals surface area contributed by atoms with Gasteiger partial charge in [-0.15, -0.1) is 0 Å². The Morgan fingerprint density at radius 3 is 3.00 bits per heavy atom. The van der Waals surface area contributed by atoms with Gasteiger partial charge in [0.25, 0.3) is 0 Å². The van der Waals surface area contributed by atoms with E-state index in [1.807, 2.05) is 12.3 Å². The molecule has 0 unspecified atom stereocenters. The first kappa shape index (κ1) is 7.80. The van der Waals surface area contributed by atoms with Gasteiger partial charge in [-0.1, -0.05) is 12.1 Å². The van der Waals surface area contributed by atoms with Crippen molar-refractivity contribution in [1.82, 2.24) is 4.98 Å². The van der Waals surface area contributed by atoms with Crippen LogP contribution in [0.5, 0.6) is 0 Å². The second-order valence-electron chi connectivity index (χ2n) is 3.82. The Morgan fingerprint density at radius 1 is 1.14 bits per heavy atom. The number of carbonyl (C=O) groups excluding carboxylic acids is 1. The third kappa shape index (κ3) is 0.939. The predicted octanol–water partition coefficient (Wildman–Crippen LogP) is 2.69. The number of hydrogen-bond acceptors (Lipinski definition) is 1. The fourth-order valence-electron chi connectivity index (χ4n) is 2.26. The van der Waals surface area contributed by atoms with Crippen molar-refractivity contribution in [1.29, 1.82) is 0 Å². The normalized spacial score (nSPS) is 15.9. The highest BCUT2D eigenvalue weighted by Gasteiger charge is 2.19. The molecular weight excluding hydrogens is 174 g/mol. The molecule has 1 aromatic carbocycles. The van der Waals surface area contributed by atoms with Crippen LogP contribution in [0.25, 0.3) is 10.9 Å². The van der Waals surface area contributed by atoms with Crippen molar-refractivity contribution >= 4 is 16.7 Å². The SMILES string of the molecule is O=C1CCCc2ccc3cc[nH]c3c21. The minimum Gasteiger partial charge on any atom is -0.361 e. The monoisotopic (exact) mass is 185 g/mol. The highest BCUT2D eigenvalue weighted by atomic mass is 16.1. The Bertz CT molecular complexity index is 510. The number of fused-ring (bicyclic) bond motifs is 3. The van der Waals surface area contributed by atoms with E-state index >= 15 is 0 Å². The summed E-state index contributed by atoms with van der Waals surface area (Å²) in [6.45, 7) is 0. The lowest BCUT2D eigenvalue weighted by Crippen LogP contribution is -2.11. The van der Waals surface area contributed by atoms with Gasteiger partial charge < -0.3 is 4.98 Å². The molecule has 2 aromatic rings. The summed E-state index contributed by atoms with van der Waals surface area (Å²) >= 11 is 0. The molecule has 0 spiro atoms. The molecule has 2 heteroatoms. The molecule has 1 aromatic heterocycles. The van der Waals surface area contributed by atoms with Crippen LogP contribution < -0.4 is 0 Å². The molecule has 0 fully saturated rings. The van der Waals surface area contributed by atoms with E-state index in [0.29, 0.717) is 12.2 Å². The highest BCUT2D eigenvalue weighted by Crippen LogP contribution is 2.27. The minimum atomic E-state index is 0.291. The van der Waals surface area contributed by atoms with Gasteiger partial charge in [-0.3, -0.25) is 4.79 Å². The van der Waals surface area contributed by atoms with Crippen LogP contribution in [0.15, 0.2) is 24.4 Å². The zero-order valence-corrected chi connectivity index (χ0v) is 7.84. The van der Waals surface area contributed by atoms with Gasteiger partial charge in [-0.05, 0) is 24.5 Å². The number of aromatic nitrogens is 1. The summed E-state index contributed by atoms with van der Waals surface area (Å²) in [5.74, 6) is 0.291. The molecule has 14 heavy (non-hydrogen) atoms. The number of H-pyrrole nitrogens is 1. The van der Waals surface area contributed by atoms with Gasteiger partial charge in [0.1, 0.15) is 0 Å². The number of rotatable bonds is 0. The molecule has 0 atom stereocenters. The number of benzene rings is 1. The first-order chi connectivity index (χ1) is 6.86. The average molecular weight is 185 g/mol. The maximum Gasteiger partial charge on any atom is 0.165 e. The van der Waals surface area contributed by atoms with Gasteiger partial charge in [0.15, 0.2) is 5.78 Å². The average Bonchev–Trinajstić information content (AvgIpc) is 2.65. The Hall–Kier alpha value is -1.57. The standard InChI is InChI=1S/C12H11NO/c14-10-3-1-2-8-4-5-9-6-7-13-12(9)11(8)10/h4-7,13H,1-3H2. The van der Waals surface area contributed by atoms with Crippen LogP contribution in [0.1, 0.15) is 28.8 Å². The van der Waals surface area contributed by atoms with Gasteiger partial charge in [-0.2, -0.15) is 0 Å². The molecule has 0 bridgehead atoms. The van der Waals surface area contributed by atoms with Gasteiger partial charge in [0.2, 0.25) is 0 Å². The molecule has 70 valence electrons. The molecule has 1 N–H and O–H groups in total. The summed E-state index contributed by atoms with van der Waals surface area (Å²) in [5.41, 5.74) is 3.15. The summed E-state index contributed by atoms with van der Waals surface area (Å²) < 4.78 is 0. The molecule has 3 rings (SSSR count). The van der Waals surface area contributed by atoms with E-state index in [1.54, 1.807) is 0 Å². The van der Waals surface area contributed by atoms with E-state index in [4.69, 9.17) is 0 Å². The quantitative estimate of drug-likeness (QED) is 0.672. The largest absolute Gasteiger partial charge is 0.361 e. The fourth-order valence-corrected chi connectivity index (χ4v) is 2.26. The molecule has 0 radical (unpaired) electrons. The van der Waals surface area contributed by atoms with Gasteiger partial charge >= 0.3 is 0 Å². The number of ketones is 1.